The van der Waals surface area contributed by atoms with E-state index >= 15 is 0 Å². The molecule has 1 atom stereocenters. The Bertz CT molecular complexity index is 1690. The highest BCUT2D eigenvalue weighted by molar-refractivity contribution is 7.16. The fraction of sp³-hybridized carbons (Fsp3) is 0.406. The van der Waals surface area contributed by atoms with Gasteiger partial charge in [-0.15, -0.1) is 21.5 Å². The van der Waals surface area contributed by atoms with Crippen molar-refractivity contribution in [2.45, 2.75) is 65.6 Å². The van der Waals surface area contributed by atoms with Crippen LogP contribution in [-0.4, -0.2) is 67.7 Å². The van der Waals surface area contributed by atoms with Gasteiger partial charge >= 0.3 is 6.03 Å². The molecule has 1 aliphatic heterocycles. The van der Waals surface area contributed by atoms with Gasteiger partial charge in [-0.05, 0) is 61.6 Å². The summed E-state index contributed by atoms with van der Waals surface area (Å²) in [4.78, 5) is 35.2. The van der Waals surface area contributed by atoms with E-state index in [9.17, 15) is 14.7 Å². The normalized spacial score (nSPS) is 16.2. The minimum atomic E-state index is -1.08. The molecule has 3 aromatic heterocycles. The van der Waals surface area contributed by atoms with Crippen LogP contribution in [0.3, 0.4) is 0 Å². The van der Waals surface area contributed by atoms with Gasteiger partial charge in [-0.2, -0.15) is 0 Å². The molecule has 0 saturated carbocycles. The third-order valence-electron chi connectivity index (χ3n) is 7.88. The smallest absolute Gasteiger partial charge is 0.324 e. The first kappa shape index (κ1) is 31.3. The Morgan fingerprint density at radius 2 is 1.84 bits per heavy atom. The molecule has 1 aliphatic rings. The number of aryl methyl sites for hydroxylation is 2. The number of pyridine rings is 1. The molecule has 1 aromatic carbocycles. The summed E-state index contributed by atoms with van der Waals surface area (Å²) in [5.74, 6) is 0.759. The van der Waals surface area contributed by atoms with Gasteiger partial charge in [-0.3, -0.25) is 20.0 Å². The minimum Gasteiger partial charge on any atom is -0.420 e. The number of nitrogens with zero attached hydrogens (tertiary/aromatic N) is 5. The van der Waals surface area contributed by atoms with Gasteiger partial charge in [0, 0.05) is 54.9 Å². The first-order valence-corrected chi connectivity index (χ1v) is 15.3. The van der Waals surface area contributed by atoms with Crippen molar-refractivity contribution in [1.82, 2.24) is 25.0 Å². The summed E-state index contributed by atoms with van der Waals surface area (Å²) in [6, 6.07) is 10.9. The van der Waals surface area contributed by atoms with E-state index in [1.54, 1.807) is 30.0 Å². The van der Waals surface area contributed by atoms with Crippen molar-refractivity contribution in [3.8, 4) is 22.7 Å². The zero-order valence-electron chi connectivity index (χ0n) is 26.3. The molecule has 0 spiro atoms. The zero-order valence-corrected chi connectivity index (χ0v) is 27.2. The Morgan fingerprint density at radius 1 is 1.09 bits per heavy atom. The molecule has 4 aromatic rings. The zero-order chi connectivity index (χ0) is 32.0. The van der Waals surface area contributed by atoms with Gasteiger partial charge in [0.1, 0.15) is 16.9 Å². The van der Waals surface area contributed by atoms with Gasteiger partial charge in [0.2, 0.25) is 11.8 Å². The van der Waals surface area contributed by atoms with Crippen molar-refractivity contribution < 1.29 is 19.1 Å². The number of aliphatic hydroxyl groups is 1. The largest absolute Gasteiger partial charge is 0.420 e. The molecule has 11 nitrogen and oxygen atoms in total. The van der Waals surface area contributed by atoms with Crippen molar-refractivity contribution >= 4 is 34.0 Å². The monoisotopic (exact) mass is 617 g/mol. The number of aliphatic hydroxyl groups excluding tert-OH is 1. The summed E-state index contributed by atoms with van der Waals surface area (Å²) >= 11 is 1.42. The van der Waals surface area contributed by atoms with Crippen LogP contribution in [0.5, 0.6) is 0 Å². The predicted molar refractivity (Wildman–Crippen MR) is 171 cm³/mol. The summed E-state index contributed by atoms with van der Waals surface area (Å²) < 4.78 is 5.47. The Kier molecular flexibility index (Phi) is 8.36. The lowest BCUT2D eigenvalue weighted by Crippen LogP contribution is -2.62. The number of aromatic nitrogens is 3. The second-order valence-electron chi connectivity index (χ2n) is 12.7. The maximum Gasteiger partial charge on any atom is 0.324 e. The number of piperazine rings is 1. The average Bonchev–Trinajstić information content (AvgIpc) is 3.59. The molecule has 5 rings (SSSR count). The van der Waals surface area contributed by atoms with E-state index in [4.69, 9.17) is 4.42 Å². The maximum absolute atomic E-state index is 13.3. The molecule has 44 heavy (non-hydrogen) atoms. The first-order chi connectivity index (χ1) is 20.6. The van der Waals surface area contributed by atoms with Crippen LogP contribution in [0.2, 0.25) is 0 Å². The standard InChI is InChI=1S/C32H39N7O4S/c1-18-9-11-21(15-22(18)20-10-12-24(33-17-20)26-37-36-19(2)43-26)34-30(42)35-27-23(16-25(44-27)31(3,4)5)28(40)39-14-13-38(8)29(41)32(39,6)7/h9-12,15-17,28,40H,13-14H2,1-8H3,(H2,34,35,42). The number of anilines is 2. The number of carbonyl (C=O) groups excluding carboxylic acids is 2. The number of urea groups is 1. The van der Waals surface area contributed by atoms with Crippen molar-refractivity contribution in [2.75, 3.05) is 30.8 Å². The van der Waals surface area contributed by atoms with Crippen molar-refractivity contribution in [2.24, 2.45) is 0 Å². The summed E-state index contributed by atoms with van der Waals surface area (Å²) in [6.45, 7) is 14.6. The van der Waals surface area contributed by atoms with Gasteiger partial charge in [0.25, 0.3) is 5.89 Å². The van der Waals surface area contributed by atoms with E-state index in [0.29, 0.717) is 46.8 Å². The molecule has 3 amide bonds. The maximum atomic E-state index is 13.3. The quantitative estimate of drug-likeness (QED) is 0.241. The van der Waals surface area contributed by atoms with Crippen LogP contribution in [-0.2, 0) is 10.2 Å². The number of amides is 3. The van der Waals surface area contributed by atoms with E-state index < -0.39 is 17.8 Å². The number of benzene rings is 1. The number of likely N-dealkylation sites (N-methyl/N-ethyl adjacent to an activating group) is 1. The lowest BCUT2D eigenvalue weighted by molar-refractivity contribution is -0.159. The van der Waals surface area contributed by atoms with Crippen LogP contribution in [0.25, 0.3) is 22.7 Å². The first-order valence-electron chi connectivity index (χ1n) is 14.5. The van der Waals surface area contributed by atoms with Crippen molar-refractivity contribution in [3.63, 3.8) is 0 Å². The molecule has 3 N–H and O–H groups in total. The van der Waals surface area contributed by atoms with E-state index in [-0.39, 0.29) is 11.3 Å². The minimum absolute atomic E-state index is 0.0638. The number of hydrogen-bond acceptors (Lipinski definition) is 9. The van der Waals surface area contributed by atoms with Crippen molar-refractivity contribution in [3.05, 3.63) is 64.5 Å². The highest BCUT2D eigenvalue weighted by Gasteiger charge is 2.44. The van der Waals surface area contributed by atoms with Crippen LogP contribution in [0.4, 0.5) is 15.5 Å². The Labute approximate surface area is 261 Å². The molecule has 4 heterocycles. The van der Waals surface area contributed by atoms with Crippen LogP contribution < -0.4 is 10.6 Å². The van der Waals surface area contributed by atoms with E-state index in [2.05, 4.69) is 46.6 Å². The molecule has 1 fully saturated rings. The lowest BCUT2D eigenvalue weighted by atomic mass is 9.93. The summed E-state index contributed by atoms with van der Waals surface area (Å²) in [5, 5.41) is 25.9. The Morgan fingerprint density at radius 3 is 2.48 bits per heavy atom. The fourth-order valence-corrected chi connectivity index (χ4v) is 6.38. The highest BCUT2D eigenvalue weighted by atomic mass is 32.1. The predicted octanol–water partition coefficient (Wildman–Crippen LogP) is 5.96. The Balaban J connectivity index is 1.37. The number of carbonyl (C=O) groups is 2. The molecule has 1 saturated heterocycles. The summed E-state index contributed by atoms with van der Waals surface area (Å²) in [5.41, 5.74) is 3.41. The molecule has 1 unspecified atom stereocenters. The van der Waals surface area contributed by atoms with Gasteiger partial charge in [-0.1, -0.05) is 32.9 Å². The molecule has 0 aliphatic carbocycles. The lowest BCUT2D eigenvalue weighted by Gasteiger charge is -2.46. The number of thiophene rings is 1. The Hall–Kier alpha value is -4.13. The van der Waals surface area contributed by atoms with Gasteiger partial charge in [-0.25, -0.2) is 4.79 Å². The van der Waals surface area contributed by atoms with Gasteiger partial charge in [0.05, 0.1) is 5.54 Å². The molecule has 0 radical (unpaired) electrons. The molecule has 232 valence electrons. The summed E-state index contributed by atoms with van der Waals surface area (Å²) in [7, 11) is 1.77. The van der Waals surface area contributed by atoms with Crippen LogP contribution in [0, 0.1) is 13.8 Å². The molecule has 0 bridgehead atoms. The third-order valence-corrected chi connectivity index (χ3v) is 9.37. The SMILES string of the molecule is Cc1nnc(-c2ccc(-c3cc(NC(=O)Nc4sc(C(C)(C)C)cc4C(O)N4CCN(C)C(=O)C4(C)C)ccc3C)cn2)o1. The van der Waals surface area contributed by atoms with E-state index in [1.807, 2.05) is 57.2 Å². The van der Waals surface area contributed by atoms with Crippen LogP contribution in [0.15, 0.2) is 47.0 Å². The van der Waals surface area contributed by atoms with E-state index in [1.165, 1.54) is 11.3 Å². The van der Waals surface area contributed by atoms with Crippen LogP contribution >= 0.6 is 11.3 Å². The number of nitrogens with one attached hydrogen (secondary N) is 2. The van der Waals surface area contributed by atoms with Crippen LogP contribution in [0.1, 0.15) is 62.7 Å². The highest BCUT2D eigenvalue weighted by Crippen LogP contribution is 2.42. The molecular formula is C32H39N7O4S. The summed E-state index contributed by atoms with van der Waals surface area (Å²) in [6.07, 6.45) is 0.654. The number of rotatable bonds is 6. The second-order valence-corrected chi connectivity index (χ2v) is 13.7. The van der Waals surface area contributed by atoms with Gasteiger partial charge < -0.3 is 19.7 Å². The number of hydrogen-bond donors (Lipinski definition) is 3. The van der Waals surface area contributed by atoms with Crippen molar-refractivity contribution in [1.29, 1.82) is 0 Å². The molecule has 12 heteroatoms. The average molecular weight is 618 g/mol. The fourth-order valence-electron chi connectivity index (χ4n) is 5.24. The third kappa shape index (κ3) is 6.23. The molecular weight excluding hydrogens is 578 g/mol. The topological polar surface area (TPSA) is 137 Å². The second kappa shape index (κ2) is 11.8. The van der Waals surface area contributed by atoms with E-state index in [0.717, 1.165) is 21.6 Å². The van der Waals surface area contributed by atoms with Gasteiger partial charge in [0.15, 0.2) is 0 Å².